The highest BCUT2D eigenvalue weighted by atomic mass is 35.5. The van der Waals surface area contributed by atoms with Crippen molar-refractivity contribution in [2.45, 2.75) is 5.92 Å². The zero-order valence-corrected chi connectivity index (χ0v) is 19.2. The van der Waals surface area contributed by atoms with Crippen LogP contribution in [0, 0.1) is 0 Å². The molecule has 6 nitrogen and oxygen atoms in total. The van der Waals surface area contributed by atoms with E-state index in [9.17, 15) is 19.8 Å². The molecule has 34 heavy (non-hydrogen) atoms. The van der Waals surface area contributed by atoms with Crippen molar-refractivity contribution in [3.05, 3.63) is 115 Å². The van der Waals surface area contributed by atoms with Crippen molar-refractivity contribution in [2.75, 3.05) is 0 Å². The zero-order chi connectivity index (χ0) is 24.1. The molecule has 0 saturated heterocycles. The quantitative estimate of drug-likeness (QED) is 0.401. The van der Waals surface area contributed by atoms with Crippen molar-refractivity contribution in [1.82, 2.24) is 9.13 Å². The Kier molecular flexibility index (Phi) is 5.18. The summed E-state index contributed by atoms with van der Waals surface area (Å²) in [5.74, 6) is -1.61. The topological polar surface area (TPSA) is 84.5 Å². The third kappa shape index (κ3) is 3.10. The first-order valence-electron chi connectivity index (χ1n) is 10.7. The Morgan fingerprint density at radius 1 is 0.676 bits per heavy atom. The van der Waals surface area contributed by atoms with E-state index >= 15 is 0 Å². The van der Waals surface area contributed by atoms with Gasteiger partial charge in [-0.3, -0.25) is 9.59 Å². The van der Waals surface area contributed by atoms with Crippen molar-refractivity contribution in [3.63, 3.8) is 0 Å². The van der Waals surface area contributed by atoms with Crippen LogP contribution >= 0.6 is 11.6 Å². The van der Waals surface area contributed by atoms with Gasteiger partial charge in [0.2, 0.25) is 0 Å². The Balaban J connectivity index is 2.00. The fraction of sp³-hybridized carbons (Fsp3) is 0.111. The van der Waals surface area contributed by atoms with Crippen LogP contribution in [0.25, 0.3) is 21.8 Å². The van der Waals surface area contributed by atoms with E-state index in [0.29, 0.717) is 32.4 Å². The summed E-state index contributed by atoms with van der Waals surface area (Å²) >= 11 is 6.56. The predicted molar refractivity (Wildman–Crippen MR) is 134 cm³/mol. The van der Waals surface area contributed by atoms with E-state index in [1.54, 1.807) is 86.9 Å². The molecule has 0 bridgehead atoms. The van der Waals surface area contributed by atoms with E-state index in [1.807, 2.05) is 0 Å². The Bertz CT molecular complexity index is 1610. The minimum atomic E-state index is -1.11. The Hall–Kier alpha value is -4.03. The molecule has 0 spiro atoms. The van der Waals surface area contributed by atoms with Crippen molar-refractivity contribution in [3.8, 4) is 11.5 Å². The van der Waals surface area contributed by atoms with E-state index in [-0.39, 0.29) is 22.6 Å². The number of hydrogen-bond donors (Lipinski definition) is 2. The second-order valence-corrected chi connectivity index (χ2v) is 8.65. The Morgan fingerprint density at radius 2 is 1.09 bits per heavy atom. The first kappa shape index (κ1) is 21.8. The molecule has 0 fully saturated rings. The first-order chi connectivity index (χ1) is 16.3. The third-order valence-corrected chi connectivity index (χ3v) is 6.76. The second kappa shape index (κ2) is 8.08. The van der Waals surface area contributed by atoms with Gasteiger partial charge in [-0.05, 0) is 35.9 Å². The van der Waals surface area contributed by atoms with Gasteiger partial charge in [0.05, 0.1) is 28.1 Å². The number of nitrogens with zero attached hydrogens (tertiary/aromatic N) is 2. The van der Waals surface area contributed by atoms with Crippen LogP contribution in [0.3, 0.4) is 0 Å². The lowest BCUT2D eigenvalue weighted by atomic mass is 9.83. The smallest absolute Gasteiger partial charge is 0.258 e. The van der Waals surface area contributed by atoms with E-state index in [0.717, 1.165) is 0 Å². The fourth-order valence-electron chi connectivity index (χ4n) is 4.69. The summed E-state index contributed by atoms with van der Waals surface area (Å²) in [6, 6.07) is 20.7. The van der Waals surface area contributed by atoms with Crippen LogP contribution in [0.15, 0.2) is 82.4 Å². The van der Waals surface area contributed by atoms with E-state index in [4.69, 9.17) is 11.6 Å². The summed E-state index contributed by atoms with van der Waals surface area (Å²) in [7, 11) is 3.21. The van der Waals surface area contributed by atoms with Gasteiger partial charge in [-0.15, -0.1) is 0 Å². The van der Waals surface area contributed by atoms with Gasteiger partial charge in [0.25, 0.3) is 11.1 Å². The fourth-order valence-corrected chi connectivity index (χ4v) is 4.94. The molecule has 0 amide bonds. The van der Waals surface area contributed by atoms with E-state index in [2.05, 4.69) is 0 Å². The number of aryl methyl sites for hydroxylation is 2. The van der Waals surface area contributed by atoms with Gasteiger partial charge in [0.15, 0.2) is 0 Å². The highest BCUT2D eigenvalue weighted by Gasteiger charge is 2.33. The van der Waals surface area contributed by atoms with Crippen LogP contribution in [-0.2, 0) is 14.1 Å². The van der Waals surface area contributed by atoms with Crippen LogP contribution in [0.5, 0.6) is 11.5 Å². The van der Waals surface area contributed by atoms with Gasteiger partial charge in [0, 0.05) is 29.9 Å². The Labute approximate surface area is 199 Å². The number of aromatic hydroxyl groups is 2. The minimum Gasteiger partial charge on any atom is -0.507 e. The number of pyridine rings is 2. The maximum absolute atomic E-state index is 13.6. The molecule has 0 atom stereocenters. The first-order valence-corrected chi connectivity index (χ1v) is 11.1. The molecule has 5 rings (SSSR count). The molecule has 0 radical (unpaired) electrons. The van der Waals surface area contributed by atoms with E-state index < -0.39 is 17.0 Å². The van der Waals surface area contributed by atoms with Gasteiger partial charge >= 0.3 is 0 Å². The van der Waals surface area contributed by atoms with Gasteiger partial charge in [0.1, 0.15) is 11.5 Å². The van der Waals surface area contributed by atoms with Gasteiger partial charge in [-0.2, -0.15) is 0 Å². The maximum atomic E-state index is 13.6. The van der Waals surface area contributed by atoms with Crippen LogP contribution in [-0.4, -0.2) is 19.3 Å². The van der Waals surface area contributed by atoms with Crippen molar-refractivity contribution < 1.29 is 10.2 Å². The molecule has 3 aromatic carbocycles. The SMILES string of the molecule is Cn1c(=O)c(C(c2ccccc2Cl)c2c(O)c3ccccc3n(C)c2=O)c(O)c2ccccc21. The largest absolute Gasteiger partial charge is 0.507 e. The molecular weight excluding hydrogens is 452 g/mol. The average Bonchev–Trinajstić information content (AvgIpc) is 2.85. The lowest BCUT2D eigenvalue weighted by molar-refractivity contribution is 0.460. The second-order valence-electron chi connectivity index (χ2n) is 8.24. The molecular formula is C27H21ClN2O4. The van der Waals surface area contributed by atoms with Crippen molar-refractivity contribution >= 4 is 33.4 Å². The molecule has 0 saturated carbocycles. The molecule has 2 N–H and O–H groups in total. The highest BCUT2D eigenvalue weighted by molar-refractivity contribution is 6.31. The summed E-state index contributed by atoms with van der Waals surface area (Å²) in [6.45, 7) is 0. The number of fused-ring (bicyclic) bond motifs is 2. The van der Waals surface area contributed by atoms with Gasteiger partial charge < -0.3 is 19.3 Å². The molecule has 0 unspecified atom stereocenters. The molecule has 170 valence electrons. The highest BCUT2D eigenvalue weighted by Crippen LogP contribution is 2.43. The van der Waals surface area contributed by atoms with Crippen LogP contribution in [0.2, 0.25) is 5.02 Å². The summed E-state index contributed by atoms with van der Waals surface area (Å²) < 4.78 is 2.85. The zero-order valence-electron chi connectivity index (χ0n) is 18.5. The van der Waals surface area contributed by atoms with Crippen LogP contribution in [0.1, 0.15) is 22.6 Å². The Morgan fingerprint density at radius 3 is 1.56 bits per heavy atom. The summed E-state index contributed by atoms with van der Waals surface area (Å²) in [5.41, 5.74) is 0.472. The third-order valence-electron chi connectivity index (χ3n) is 6.41. The average molecular weight is 473 g/mol. The predicted octanol–water partition coefficient (Wildman–Crippen LogP) is 4.64. The number of halogens is 1. The molecule has 2 heterocycles. The van der Waals surface area contributed by atoms with Gasteiger partial charge in [-0.1, -0.05) is 54.1 Å². The molecule has 0 aliphatic rings. The number of rotatable bonds is 3. The summed E-state index contributed by atoms with van der Waals surface area (Å²) in [4.78, 5) is 27.3. The lowest BCUT2D eigenvalue weighted by Gasteiger charge is -2.23. The number of benzene rings is 3. The molecule has 0 aliphatic heterocycles. The summed E-state index contributed by atoms with van der Waals surface area (Å²) in [6.07, 6.45) is 0. The van der Waals surface area contributed by atoms with Crippen LogP contribution in [0.4, 0.5) is 0 Å². The van der Waals surface area contributed by atoms with Crippen LogP contribution < -0.4 is 11.1 Å². The minimum absolute atomic E-state index is 0.0306. The van der Waals surface area contributed by atoms with Gasteiger partial charge in [-0.25, -0.2) is 0 Å². The maximum Gasteiger partial charge on any atom is 0.258 e. The standard InChI is InChI=1S/C27H21ClN2O4/c1-29-19-13-7-4-10-16(19)24(31)22(26(29)33)21(15-9-3-6-12-18(15)28)23-25(32)17-11-5-8-14-20(17)30(2)27(23)34/h3-14,21,31-32H,1-2H3. The molecule has 2 aromatic heterocycles. The molecule has 0 aliphatic carbocycles. The normalized spacial score (nSPS) is 11.5. The van der Waals surface area contributed by atoms with Crippen molar-refractivity contribution in [1.29, 1.82) is 0 Å². The molecule has 5 aromatic rings. The molecule has 7 heteroatoms. The van der Waals surface area contributed by atoms with E-state index in [1.165, 1.54) is 9.13 Å². The number of para-hydroxylation sites is 2. The monoisotopic (exact) mass is 472 g/mol. The van der Waals surface area contributed by atoms with Crippen molar-refractivity contribution in [2.24, 2.45) is 14.1 Å². The number of hydrogen-bond acceptors (Lipinski definition) is 4. The number of aromatic nitrogens is 2. The lowest BCUT2D eigenvalue weighted by Crippen LogP contribution is -2.30. The summed E-state index contributed by atoms with van der Waals surface area (Å²) in [5, 5.41) is 23.9.